The summed E-state index contributed by atoms with van der Waals surface area (Å²) in [5, 5.41) is 5.52. The van der Waals surface area contributed by atoms with Crippen LogP contribution in [0.25, 0.3) is 0 Å². The lowest BCUT2D eigenvalue weighted by Gasteiger charge is -2.42. The van der Waals surface area contributed by atoms with Crippen LogP contribution in [0.5, 0.6) is 5.75 Å². The Balaban J connectivity index is 1.64. The summed E-state index contributed by atoms with van der Waals surface area (Å²) in [6.07, 6.45) is 0. The molecule has 2 fully saturated rings. The third-order valence-electron chi connectivity index (χ3n) is 5.28. The van der Waals surface area contributed by atoms with Crippen molar-refractivity contribution in [3.05, 3.63) is 18.2 Å². The summed E-state index contributed by atoms with van der Waals surface area (Å²) >= 11 is 0. The van der Waals surface area contributed by atoms with Gasteiger partial charge in [-0.3, -0.25) is 19.3 Å². The van der Waals surface area contributed by atoms with Gasteiger partial charge in [0.15, 0.2) is 5.60 Å². The maximum absolute atomic E-state index is 13.0. The summed E-state index contributed by atoms with van der Waals surface area (Å²) in [5.41, 5.74) is -0.0800. The second-order valence-electron chi connectivity index (χ2n) is 7.84. The van der Waals surface area contributed by atoms with E-state index in [1.54, 1.807) is 30.0 Å². The molecule has 0 radical (unpaired) electrons. The Kier molecular flexibility index (Phi) is 7.47. The minimum absolute atomic E-state index is 0.0818. The Morgan fingerprint density at radius 2 is 1.84 bits per heavy atom. The van der Waals surface area contributed by atoms with Crippen LogP contribution < -0.4 is 15.4 Å². The van der Waals surface area contributed by atoms with Gasteiger partial charge < -0.3 is 29.7 Å². The Hall–Kier alpha value is -2.69. The third-order valence-corrected chi connectivity index (χ3v) is 5.28. The fraction of sp³-hybridized carbons (Fsp3) is 0.571. The fourth-order valence-corrected chi connectivity index (χ4v) is 3.76. The molecule has 2 aliphatic rings. The average Bonchev–Trinajstić information content (AvgIpc) is 2.74. The number of carbonyl (C=O) groups excluding carboxylic acids is 3. The van der Waals surface area contributed by atoms with Crippen LogP contribution in [0.15, 0.2) is 18.2 Å². The first kappa shape index (κ1) is 23.0. The molecule has 1 atom stereocenters. The maximum Gasteiger partial charge on any atom is 0.256 e. The van der Waals surface area contributed by atoms with Gasteiger partial charge >= 0.3 is 0 Å². The standard InChI is InChI=1S/C21H30N4O6/c1-15(26)22-17-5-4-16(29-3)12-18(17)23-19(27)13-24-6-11-31-21(2,14-24)20(28)25-7-9-30-10-8-25/h4-5,12H,6-11,13-14H2,1-3H3,(H,22,26)(H,23,27)/t21-/m1/s1. The molecule has 0 aliphatic carbocycles. The zero-order chi connectivity index (χ0) is 22.4. The number of benzene rings is 1. The molecule has 3 rings (SSSR count). The van der Waals surface area contributed by atoms with E-state index in [0.29, 0.717) is 63.1 Å². The van der Waals surface area contributed by atoms with Crippen molar-refractivity contribution in [3.63, 3.8) is 0 Å². The maximum atomic E-state index is 13.0. The van der Waals surface area contributed by atoms with E-state index in [1.165, 1.54) is 14.0 Å². The quantitative estimate of drug-likeness (QED) is 0.673. The number of anilines is 2. The highest BCUT2D eigenvalue weighted by atomic mass is 16.5. The van der Waals surface area contributed by atoms with Crippen LogP contribution in [0.2, 0.25) is 0 Å². The summed E-state index contributed by atoms with van der Waals surface area (Å²) in [6.45, 7) is 6.59. The molecular weight excluding hydrogens is 404 g/mol. The molecule has 31 heavy (non-hydrogen) atoms. The molecule has 0 bridgehead atoms. The molecule has 0 aromatic heterocycles. The van der Waals surface area contributed by atoms with E-state index in [4.69, 9.17) is 14.2 Å². The van der Waals surface area contributed by atoms with Crippen LogP contribution in [0.3, 0.4) is 0 Å². The van der Waals surface area contributed by atoms with E-state index in [1.807, 2.05) is 4.90 Å². The molecule has 2 N–H and O–H groups in total. The SMILES string of the molecule is COc1ccc(NC(C)=O)c(NC(=O)CN2CCO[C@@](C)(C(=O)N3CCOCC3)C2)c1. The number of amides is 3. The molecule has 10 heteroatoms. The largest absolute Gasteiger partial charge is 0.497 e. The lowest BCUT2D eigenvalue weighted by Crippen LogP contribution is -2.61. The second kappa shape index (κ2) is 10.1. The van der Waals surface area contributed by atoms with E-state index in [0.717, 1.165) is 0 Å². The summed E-state index contributed by atoms with van der Waals surface area (Å²) in [7, 11) is 1.53. The molecule has 0 saturated carbocycles. The molecule has 10 nitrogen and oxygen atoms in total. The highest BCUT2D eigenvalue weighted by molar-refractivity contribution is 6.00. The van der Waals surface area contributed by atoms with Crippen LogP contribution in [0, 0.1) is 0 Å². The van der Waals surface area contributed by atoms with Gasteiger partial charge in [-0.15, -0.1) is 0 Å². The van der Waals surface area contributed by atoms with Crippen molar-refractivity contribution in [1.82, 2.24) is 9.80 Å². The van der Waals surface area contributed by atoms with Crippen molar-refractivity contribution < 1.29 is 28.6 Å². The molecule has 2 heterocycles. The molecule has 1 aromatic rings. The smallest absolute Gasteiger partial charge is 0.256 e. The van der Waals surface area contributed by atoms with Crippen molar-refractivity contribution >= 4 is 29.1 Å². The van der Waals surface area contributed by atoms with Gasteiger partial charge in [0.1, 0.15) is 5.75 Å². The highest BCUT2D eigenvalue weighted by Gasteiger charge is 2.42. The fourth-order valence-electron chi connectivity index (χ4n) is 3.76. The molecule has 2 saturated heterocycles. The highest BCUT2D eigenvalue weighted by Crippen LogP contribution is 2.27. The van der Waals surface area contributed by atoms with E-state index < -0.39 is 5.60 Å². The predicted octanol–water partition coefficient (Wildman–Crippen LogP) is 0.542. The van der Waals surface area contributed by atoms with Crippen LogP contribution in [0.1, 0.15) is 13.8 Å². The number of hydrogen-bond donors (Lipinski definition) is 2. The van der Waals surface area contributed by atoms with Gasteiger partial charge in [0.05, 0.1) is 44.8 Å². The lowest BCUT2D eigenvalue weighted by atomic mass is 10.0. The van der Waals surface area contributed by atoms with E-state index in [9.17, 15) is 14.4 Å². The van der Waals surface area contributed by atoms with Crippen molar-refractivity contribution in [2.45, 2.75) is 19.4 Å². The van der Waals surface area contributed by atoms with E-state index in [2.05, 4.69) is 10.6 Å². The molecule has 0 unspecified atom stereocenters. The van der Waals surface area contributed by atoms with Crippen molar-refractivity contribution in [1.29, 1.82) is 0 Å². The van der Waals surface area contributed by atoms with Crippen LogP contribution in [0.4, 0.5) is 11.4 Å². The van der Waals surface area contributed by atoms with Gasteiger partial charge in [-0.1, -0.05) is 0 Å². The Labute approximate surface area is 181 Å². The number of methoxy groups -OCH3 is 1. The molecule has 1 aromatic carbocycles. The van der Waals surface area contributed by atoms with Crippen LogP contribution in [-0.4, -0.2) is 92.8 Å². The summed E-state index contributed by atoms with van der Waals surface area (Å²) in [4.78, 5) is 40.8. The minimum atomic E-state index is -1.01. The van der Waals surface area contributed by atoms with Crippen LogP contribution >= 0.6 is 0 Å². The molecular formula is C21H30N4O6. The number of rotatable bonds is 6. The lowest BCUT2D eigenvalue weighted by molar-refractivity contribution is -0.171. The van der Waals surface area contributed by atoms with Gasteiger partial charge in [0.2, 0.25) is 11.8 Å². The normalized spacial score (nSPS) is 22.0. The van der Waals surface area contributed by atoms with Gasteiger partial charge in [-0.25, -0.2) is 0 Å². The predicted molar refractivity (Wildman–Crippen MR) is 114 cm³/mol. The van der Waals surface area contributed by atoms with Crippen molar-refractivity contribution in [2.24, 2.45) is 0 Å². The zero-order valence-corrected chi connectivity index (χ0v) is 18.2. The minimum Gasteiger partial charge on any atom is -0.497 e. The topological polar surface area (TPSA) is 109 Å². The molecule has 0 spiro atoms. The zero-order valence-electron chi connectivity index (χ0n) is 18.2. The van der Waals surface area contributed by atoms with Crippen molar-refractivity contribution in [3.8, 4) is 5.75 Å². The number of morpholine rings is 2. The van der Waals surface area contributed by atoms with Gasteiger partial charge in [-0.05, 0) is 19.1 Å². The summed E-state index contributed by atoms with van der Waals surface area (Å²) < 4.78 is 16.4. The number of hydrogen-bond acceptors (Lipinski definition) is 7. The molecule has 2 aliphatic heterocycles. The molecule has 170 valence electrons. The third kappa shape index (κ3) is 5.93. The Morgan fingerprint density at radius 3 is 2.52 bits per heavy atom. The van der Waals surface area contributed by atoms with E-state index in [-0.39, 0.29) is 24.3 Å². The van der Waals surface area contributed by atoms with Crippen LogP contribution in [-0.2, 0) is 23.9 Å². The Bertz CT molecular complexity index is 826. The Morgan fingerprint density at radius 1 is 1.10 bits per heavy atom. The summed E-state index contributed by atoms with van der Waals surface area (Å²) in [6, 6.07) is 5.02. The number of ether oxygens (including phenoxy) is 3. The van der Waals surface area contributed by atoms with Gasteiger partial charge in [0.25, 0.3) is 5.91 Å². The van der Waals surface area contributed by atoms with E-state index >= 15 is 0 Å². The van der Waals surface area contributed by atoms with Gasteiger partial charge in [0, 0.05) is 39.2 Å². The number of nitrogens with zero attached hydrogens (tertiary/aromatic N) is 2. The molecule has 3 amide bonds. The first-order valence-electron chi connectivity index (χ1n) is 10.3. The second-order valence-corrected chi connectivity index (χ2v) is 7.84. The first-order valence-corrected chi connectivity index (χ1v) is 10.3. The van der Waals surface area contributed by atoms with Crippen molar-refractivity contribution in [2.75, 3.05) is 70.3 Å². The van der Waals surface area contributed by atoms with Gasteiger partial charge in [-0.2, -0.15) is 0 Å². The number of carbonyl (C=O) groups is 3. The monoisotopic (exact) mass is 434 g/mol. The first-order chi connectivity index (χ1) is 14.8. The summed E-state index contributed by atoms with van der Waals surface area (Å²) in [5.74, 6) is -0.0322. The average molecular weight is 434 g/mol. The number of nitrogens with one attached hydrogen (secondary N) is 2.